The van der Waals surface area contributed by atoms with Gasteiger partial charge in [-0.2, -0.15) is 0 Å². The van der Waals surface area contributed by atoms with E-state index in [-0.39, 0.29) is 24.4 Å². The first-order valence-electron chi connectivity index (χ1n) is 8.42. The van der Waals surface area contributed by atoms with Crippen molar-refractivity contribution in [2.24, 2.45) is 0 Å². The molecule has 0 heterocycles. The number of ether oxygens (including phenoxy) is 4. The first-order valence-corrected chi connectivity index (χ1v) is 8.42. The molecule has 0 aliphatic heterocycles. The summed E-state index contributed by atoms with van der Waals surface area (Å²) in [5.74, 6) is -3.24. The fourth-order valence-corrected chi connectivity index (χ4v) is 2.06. The van der Waals surface area contributed by atoms with Crippen molar-refractivity contribution < 1.29 is 38.1 Å². The highest BCUT2D eigenvalue weighted by Gasteiger charge is 2.21. The van der Waals surface area contributed by atoms with Crippen molar-refractivity contribution in [3.05, 3.63) is 46.5 Å². The summed E-state index contributed by atoms with van der Waals surface area (Å²) in [5, 5.41) is 0. The van der Waals surface area contributed by atoms with Crippen LogP contribution < -0.4 is 0 Å². The zero-order chi connectivity index (χ0) is 21.1. The van der Waals surface area contributed by atoms with Crippen molar-refractivity contribution in [2.75, 3.05) is 27.4 Å². The van der Waals surface area contributed by atoms with Gasteiger partial charge in [0.2, 0.25) is 0 Å². The molecule has 0 spiro atoms. The lowest BCUT2D eigenvalue weighted by Crippen LogP contribution is -2.17. The molecule has 0 aliphatic rings. The molecule has 8 nitrogen and oxygen atoms in total. The second-order valence-corrected chi connectivity index (χ2v) is 5.21. The molecule has 0 fully saturated rings. The van der Waals surface area contributed by atoms with Crippen LogP contribution in [0.3, 0.4) is 0 Å². The van der Waals surface area contributed by atoms with Gasteiger partial charge in [-0.05, 0) is 37.1 Å². The monoisotopic (exact) mass is 390 g/mol. The van der Waals surface area contributed by atoms with Crippen LogP contribution in [0.15, 0.2) is 35.4 Å². The van der Waals surface area contributed by atoms with Crippen LogP contribution in [0.1, 0.15) is 25.0 Å². The maximum Gasteiger partial charge on any atom is 0.345 e. The molecule has 0 aliphatic carbocycles. The van der Waals surface area contributed by atoms with E-state index in [2.05, 4.69) is 9.47 Å². The van der Waals surface area contributed by atoms with E-state index in [9.17, 15) is 19.2 Å². The summed E-state index contributed by atoms with van der Waals surface area (Å²) in [7, 11) is 2.32. The second kappa shape index (κ2) is 11.3. The minimum Gasteiger partial charge on any atom is -0.465 e. The van der Waals surface area contributed by atoms with E-state index >= 15 is 0 Å². The fourth-order valence-electron chi connectivity index (χ4n) is 2.06. The minimum atomic E-state index is -0.822. The van der Waals surface area contributed by atoms with Gasteiger partial charge < -0.3 is 18.9 Å². The van der Waals surface area contributed by atoms with Crippen LogP contribution in [0.25, 0.3) is 12.2 Å². The molecule has 0 atom stereocenters. The lowest BCUT2D eigenvalue weighted by atomic mass is 10.1. The van der Waals surface area contributed by atoms with Gasteiger partial charge in [-0.1, -0.05) is 24.3 Å². The Bertz CT molecular complexity index is 720. The molecule has 0 saturated carbocycles. The zero-order valence-electron chi connectivity index (χ0n) is 16.1. The number of carbonyl (C=O) groups excluding carboxylic acids is 4. The van der Waals surface area contributed by atoms with Crippen LogP contribution in [0.2, 0.25) is 0 Å². The van der Waals surface area contributed by atoms with Gasteiger partial charge in [-0.3, -0.25) is 0 Å². The molecule has 8 heteroatoms. The molecule has 1 rings (SSSR count). The number of benzene rings is 1. The molecule has 0 bridgehead atoms. The van der Waals surface area contributed by atoms with E-state index in [1.54, 1.807) is 38.1 Å². The molecule has 0 amide bonds. The van der Waals surface area contributed by atoms with E-state index in [0.717, 1.165) is 14.2 Å². The van der Waals surface area contributed by atoms with Crippen molar-refractivity contribution in [1.82, 2.24) is 0 Å². The third-order valence-corrected chi connectivity index (χ3v) is 3.36. The number of carbonyl (C=O) groups is 4. The molecule has 0 radical (unpaired) electrons. The lowest BCUT2D eigenvalue weighted by molar-refractivity contribution is -0.147. The standard InChI is InChI=1S/C20H22O8/c1-5-27-19(23)15(17(21)25-3)11-13-7-9-14(10-8-13)12-16(18(22)26-4)20(24)28-6-2/h7-12H,5-6H2,1-4H3/b15-11-,16-12+. The van der Waals surface area contributed by atoms with E-state index in [1.807, 2.05) is 0 Å². The maximum absolute atomic E-state index is 11.9. The topological polar surface area (TPSA) is 105 Å². The fraction of sp³-hybridized carbons (Fsp3) is 0.300. The summed E-state index contributed by atoms with van der Waals surface area (Å²) in [6.45, 7) is 3.47. The smallest absolute Gasteiger partial charge is 0.345 e. The van der Waals surface area contributed by atoms with E-state index in [4.69, 9.17) is 9.47 Å². The number of methoxy groups -OCH3 is 2. The molecule has 150 valence electrons. The van der Waals surface area contributed by atoms with Gasteiger partial charge in [-0.25, -0.2) is 19.2 Å². The largest absolute Gasteiger partial charge is 0.465 e. The van der Waals surface area contributed by atoms with Gasteiger partial charge in [0, 0.05) is 0 Å². The summed E-state index contributed by atoms with van der Waals surface area (Å²) in [6, 6.07) is 6.37. The zero-order valence-corrected chi connectivity index (χ0v) is 16.1. The quantitative estimate of drug-likeness (QED) is 0.218. The predicted octanol–water partition coefficient (Wildman–Crippen LogP) is 1.93. The molecule has 0 unspecified atom stereocenters. The van der Waals surface area contributed by atoms with Crippen molar-refractivity contribution in [1.29, 1.82) is 0 Å². The summed E-state index contributed by atoms with van der Waals surface area (Å²) in [6.07, 6.45) is 2.65. The van der Waals surface area contributed by atoms with Gasteiger partial charge in [0.05, 0.1) is 27.4 Å². The summed E-state index contributed by atoms with van der Waals surface area (Å²) in [4.78, 5) is 47.4. The summed E-state index contributed by atoms with van der Waals surface area (Å²) < 4.78 is 18.9. The molecular formula is C20H22O8. The Kier molecular flexibility index (Phi) is 9.15. The van der Waals surface area contributed by atoms with Gasteiger partial charge in [-0.15, -0.1) is 0 Å². The third kappa shape index (κ3) is 6.39. The predicted molar refractivity (Wildman–Crippen MR) is 99.7 cm³/mol. The molecule has 0 N–H and O–H groups in total. The highest BCUT2D eigenvalue weighted by atomic mass is 16.6. The average Bonchev–Trinajstić information content (AvgIpc) is 2.70. The van der Waals surface area contributed by atoms with E-state index < -0.39 is 23.9 Å². The minimum absolute atomic E-state index is 0.112. The highest BCUT2D eigenvalue weighted by molar-refractivity contribution is 6.18. The Morgan fingerprint density at radius 2 is 1.00 bits per heavy atom. The molecule has 1 aromatic rings. The molecular weight excluding hydrogens is 368 g/mol. The van der Waals surface area contributed by atoms with Crippen molar-refractivity contribution in [3.8, 4) is 0 Å². The Balaban J connectivity index is 3.20. The van der Waals surface area contributed by atoms with Crippen molar-refractivity contribution >= 4 is 36.0 Å². The third-order valence-electron chi connectivity index (χ3n) is 3.36. The number of hydrogen-bond acceptors (Lipinski definition) is 8. The summed E-state index contributed by atoms with van der Waals surface area (Å²) >= 11 is 0. The van der Waals surface area contributed by atoms with E-state index in [0.29, 0.717) is 11.1 Å². The average molecular weight is 390 g/mol. The van der Waals surface area contributed by atoms with Crippen molar-refractivity contribution in [3.63, 3.8) is 0 Å². The molecule has 0 saturated heterocycles. The Morgan fingerprint density at radius 3 is 1.25 bits per heavy atom. The van der Waals surface area contributed by atoms with Crippen LogP contribution in [-0.2, 0) is 38.1 Å². The Morgan fingerprint density at radius 1 is 0.679 bits per heavy atom. The van der Waals surface area contributed by atoms with Crippen LogP contribution in [-0.4, -0.2) is 51.3 Å². The van der Waals surface area contributed by atoms with Crippen LogP contribution in [0.5, 0.6) is 0 Å². The second-order valence-electron chi connectivity index (χ2n) is 5.21. The maximum atomic E-state index is 11.9. The van der Waals surface area contributed by atoms with Crippen LogP contribution >= 0.6 is 0 Å². The first-order chi connectivity index (χ1) is 13.4. The molecule has 28 heavy (non-hydrogen) atoms. The molecule has 1 aromatic carbocycles. The number of rotatable bonds is 8. The SMILES string of the molecule is CCOC(=O)/C(=C\c1ccc(/C=C(\C(=O)OC)C(=O)OCC)cc1)C(=O)OC. The number of hydrogen-bond donors (Lipinski definition) is 0. The Labute approximate surface area is 162 Å². The van der Waals surface area contributed by atoms with Gasteiger partial charge in [0.15, 0.2) is 0 Å². The number of esters is 4. The van der Waals surface area contributed by atoms with E-state index in [1.165, 1.54) is 12.2 Å². The summed E-state index contributed by atoms with van der Waals surface area (Å²) in [5.41, 5.74) is 0.520. The van der Waals surface area contributed by atoms with Gasteiger partial charge >= 0.3 is 23.9 Å². The van der Waals surface area contributed by atoms with Gasteiger partial charge in [0.25, 0.3) is 0 Å². The highest BCUT2D eigenvalue weighted by Crippen LogP contribution is 2.15. The molecule has 0 aromatic heterocycles. The van der Waals surface area contributed by atoms with Crippen molar-refractivity contribution in [2.45, 2.75) is 13.8 Å². The van der Waals surface area contributed by atoms with Crippen LogP contribution in [0.4, 0.5) is 0 Å². The first kappa shape index (κ1) is 22.6. The lowest BCUT2D eigenvalue weighted by Gasteiger charge is -2.06. The van der Waals surface area contributed by atoms with Crippen LogP contribution in [0, 0.1) is 0 Å². The Hall–Kier alpha value is -3.42. The van der Waals surface area contributed by atoms with Gasteiger partial charge in [0.1, 0.15) is 11.1 Å². The normalized spacial score (nSPS) is 11.4.